The zero-order valence-corrected chi connectivity index (χ0v) is 25.8. The largest absolute Gasteiger partial charge is 0.493 e. The van der Waals surface area contributed by atoms with Crippen molar-refractivity contribution in [1.82, 2.24) is 20.1 Å². The molecule has 2 aromatic carbocycles. The van der Waals surface area contributed by atoms with Crippen molar-refractivity contribution >= 4 is 17.7 Å². The van der Waals surface area contributed by atoms with Crippen LogP contribution in [-0.2, 0) is 32.1 Å². The van der Waals surface area contributed by atoms with Gasteiger partial charge in [0.25, 0.3) is 5.91 Å². The molecular formula is C34H40N4O7. The predicted octanol–water partition coefficient (Wildman–Crippen LogP) is 3.61. The number of rotatable bonds is 6. The Hall–Kier alpha value is -4.48. The van der Waals surface area contributed by atoms with Crippen LogP contribution in [0.5, 0.6) is 17.2 Å². The molecule has 6 rings (SSSR count). The van der Waals surface area contributed by atoms with E-state index >= 15 is 0 Å². The molecule has 0 spiro atoms. The van der Waals surface area contributed by atoms with Gasteiger partial charge in [-0.05, 0) is 66.8 Å². The number of likely N-dealkylation sites (tertiary alicyclic amines) is 1. The van der Waals surface area contributed by atoms with Crippen molar-refractivity contribution in [2.45, 2.75) is 44.4 Å². The molecule has 11 heteroatoms. The number of aryl methyl sites for hydroxylation is 1. The Morgan fingerprint density at radius 3 is 2.76 bits per heavy atom. The SMILES string of the molecule is COCCCN1CC(=O)N[C@H]2CN(C(=O)c3cccnc3)CC[C@H]2OCc2cccc(c2)Oc2ccc(cc2OC)CCC1=O. The fraction of sp³-hybridized carbons (Fsp3) is 0.412. The number of fused-ring (bicyclic) bond motifs is 9. The molecule has 4 heterocycles. The van der Waals surface area contributed by atoms with Gasteiger partial charge in [-0.3, -0.25) is 19.4 Å². The number of hydrogen-bond acceptors (Lipinski definition) is 8. The summed E-state index contributed by atoms with van der Waals surface area (Å²) in [6, 6.07) is 16.2. The summed E-state index contributed by atoms with van der Waals surface area (Å²) < 4.78 is 23.4. The molecule has 1 fully saturated rings. The summed E-state index contributed by atoms with van der Waals surface area (Å²) in [5, 5.41) is 3.09. The molecule has 3 aromatic rings. The number of piperidine rings is 1. The van der Waals surface area contributed by atoms with E-state index in [4.69, 9.17) is 18.9 Å². The summed E-state index contributed by atoms with van der Waals surface area (Å²) in [4.78, 5) is 47.5. The number of pyridine rings is 1. The number of aromatic nitrogens is 1. The molecular weight excluding hydrogens is 576 g/mol. The van der Waals surface area contributed by atoms with Crippen LogP contribution in [0, 0.1) is 0 Å². The first-order chi connectivity index (χ1) is 21.9. The minimum absolute atomic E-state index is 0.111. The molecule has 1 aromatic heterocycles. The minimum atomic E-state index is -0.482. The molecule has 45 heavy (non-hydrogen) atoms. The summed E-state index contributed by atoms with van der Waals surface area (Å²) >= 11 is 0. The molecule has 4 bridgehead atoms. The van der Waals surface area contributed by atoms with Gasteiger partial charge in [0.15, 0.2) is 11.5 Å². The van der Waals surface area contributed by atoms with Gasteiger partial charge in [-0.25, -0.2) is 0 Å². The van der Waals surface area contributed by atoms with Crippen LogP contribution in [0.25, 0.3) is 0 Å². The van der Waals surface area contributed by atoms with Crippen LogP contribution in [0.2, 0.25) is 0 Å². The van der Waals surface area contributed by atoms with E-state index in [0.29, 0.717) is 61.8 Å². The fourth-order valence-corrected chi connectivity index (χ4v) is 5.63. The van der Waals surface area contributed by atoms with Crippen molar-refractivity contribution < 1.29 is 33.3 Å². The molecule has 0 unspecified atom stereocenters. The van der Waals surface area contributed by atoms with Crippen LogP contribution < -0.4 is 14.8 Å². The van der Waals surface area contributed by atoms with Crippen LogP contribution in [0.4, 0.5) is 0 Å². The summed E-state index contributed by atoms with van der Waals surface area (Å²) in [5.74, 6) is 1.14. The zero-order chi connectivity index (χ0) is 31.6. The van der Waals surface area contributed by atoms with E-state index in [2.05, 4.69) is 10.3 Å². The highest BCUT2D eigenvalue weighted by atomic mass is 16.5. The van der Waals surface area contributed by atoms with Gasteiger partial charge in [0.05, 0.1) is 38.0 Å². The third kappa shape index (κ3) is 8.58. The van der Waals surface area contributed by atoms with E-state index in [0.717, 1.165) is 11.1 Å². The van der Waals surface area contributed by atoms with Crippen molar-refractivity contribution in [2.75, 3.05) is 47.0 Å². The lowest BCUT2D eigenvalue weighted by atomic mass is 10.0. The second kappa shape index (κ2) is 15.5. The molecule has 1 saturated heterocycles. The van der Waals surface area contributed by atoms with Crippen LogP contribution in [0.15, 0.2) is 67.0 Å². The highest BCUT2D eigenvalue weighted by Gasteiger charge is 2.34. The highest BCUT2D eigenvalue weighted by Crippen LogP contribution is 2.33. The lowest BCUT2D eigenvalue weighted by molar-refractivity contribution is -0.137. The molecule has 1 N–H and O–H groups in total. The molecule has 238 valence electrons. The van der Waals surface area contributed by atoms with Gasteiger partial charge in [-0.2, -0.15) is 0 Å². The lowest BCUT2D eigenvalue weighted by Gasteiger charge is -2.39. The van der Waals surface area contributed by atoms with Crippen LogP contribution in [0.3, 0.4) is 0 Å². The summed E-state index contributed by atoms with van der Waals surface area (Å²) in [6.07, 6.45) is 4.60. The van der Waals surface area contributed by atoms with E-state index in [-0.39, 0.29) is 49.9 Å². The maximum Gasteiger partial charge on any atom is 0.255 e. The highest BCUT2D eigenvalue weighted by molar-refractivity contribution is 5.94. The maximum atomic E-state index is 13.5. The second-order valence-corrected chi connectivity index (χ2v) is 11.2. The first kappa shape index (κ1) is 31.9. The topological polar surface area (TPSA) is 120 Å². The summed E-state index contributed by atoms with van der Waals surface area (Å²) in [6.45, 7) is 1.74. The van der Waals surface area contributed by atoms with Crippen molar-refractivity contribution in [3.63, 3.8) is 0 Å². The van der Waals surface area contributed by atoms with E-state index < -0.39 is 6.04 Å². The van der Waals surface area contributed by atoms with Crippen molar-refractivity contribution in [1.29, 1.82) is 0 Å². The molecule has 2 atom stereocenters. The number of nitrogens with one attached hydrogen (secondary N) is 1. The Labute approximate surface area is 263 Å². The van der Waals surface area contributed by atoms with Crippen molar-refractivity contribution in [3.8, 4) is 17.2 Å². The molecule has 0 radical (unpaired) electrons. The Balaban J connectivity index is 1.41. The van der Waals surface area contributed by atoms with Gasteiger partial charge >= 0.3 is 0 Å². The van der Waals surface area contributed by atoms with Crippen LogP contribution in [-0.4, -0.2) is 91.7 Å². The van der Waals surface area contributed by atoms with Crippen molar-refractivity contribution in [2.24, 2.45) is 0 Å². The smallest absolute Gasteiger partial charge is 0.255 e. The molecule has 3 aliphatic heterocycles. The van der Waals surface area contributed by atoms with Crippen LogP contribution >= 0.6 is 0 Å². The minimum Gasteiger partial charge on any atom is -0.493 e. The van der Waals surface area contributed by atoms with Gasteiger partial charge < -0.3 is 34.1 Å². The third-order valence-corrected chi connectivity index (χ3v) is 8.00. The number of benzene rings is 2. The van der Waals surface area contributed by atoms with E-state index in [9.17, 15) is 14.4 Å². The quantitative estimate of drug-likeness (QED) is 0.418. The number of ether oxygens (including phenoxy) is 4. The average molecular weight is 617 g/mol. The Bertz CT molecular complexity index is 1470. The number of carbonyl (C=O) groups excluding carboxylic acids is 3. The summed E-state index contributed by atoms with van der Waals surface area (Å²) in [7, 11) is 3.19. The number of carbonyl (C=O) groups is 3. The Morgan fingerprint density at radius 1 is 1.07 bits per heavy atom. The second-order valence-electron chi connectivity index (χ2n) is 11.2. The van der Waals surface area contributed by atoms with E-state index in [1.54, 1.807) is 42.3 Å². The fourth-order valence-electron chi connectivity index (χ4n) is 5.63. The predicted molar refractivity (Wildman–Crippen MR) is 166 cm³/mol. The summed E-state index contributed by atoms with van der Waals surface area (Å²) in [5.41, 5.74) is 2.29. The van der Waals surface area contributed by atoms with Crippen molar-refractivity contribution in [3.05, 3.63) is 83.7 Å². The average Bonchev–Trinajstić information content (AvgIpc) is 3.06. The lowest BCUT2D eigenvalue weighted by Crippen LogP contribution is -2.58. The monoisotopic (exact) mass is 616 g/mol. The van der Waals surface area contributed by atoms with Gasteiger partial charge in [-0.1, -0.05) is 18.2 Å². The number of methoxy groups -OCH3 is 2. The molecule has 3 aliphatic rings. The number of hydrogen-bond donors (Lipinski definition) is 1. The normalized spacial score (nSPS) is 19.4. The standard InChI is InChI=1S/C34H40N4O7/c1-42-17-5-15-37-22-32(39)36-28-21-38(34(41)26-7-4-14-35-20-26)16-13-29(28)44-23-25-6-3-8-27(18-25)45-30-11-9-24(10-12-33(37)40)19-31(30)43-2/h3-4,6-9,11,14,18-20,28-29H,5,10,12-13,15-17,21-23H2,1-2H3,(H,36,39)/t28-,29+/m0/s1. The van der Waals surface area contributed by atoms with Gasteiger partial charge in [0.1, 0.15) is 5.75 Å². The first-order valence-corrected chi connectivity index (χ1v) is 15.2. The number of amides is 3. The van der Waals surface area contributed by atoms with E-state index in [1.165, 1.54) is 6.20 Å². The van der Waals surface area contributed by atoms with Gasteiger partial charge in [0, 0.05) is 52.2 Å². The number of nitrogens with zero attached hydrogens (tertiary/aromatic N) is 3. The van der Waals surface area contributed by atoms with Crippen LogP contribution in [0.1, 0.15) is 40.7 Å². The maximum absolute atomic E-state index is 13.5. The molecule has 0 aliphatic carbocycles. The van der Waals surface area contributed by atoms with Gasteiger partial charge in [-0.15, -0.1) is 0 Å². The zero-order valence-electron chi connectivity index (χ0n) is 25.8. The van der Waals surface area contributed by atoms with Gasteiger partial charge in [0.2, 0.25) is 11.8 Å². The Kier molecular flexibility index (Phi) is 11.0. The molecule has 0 saturated carbocycles. The first-order valence-electron chi connectivity index (χ1n) is 15.2. The molecule has 3 amide bonds. The third-order valence-electron chi connectivity index (χ3n) is 8.00. The Morgan fingerprint density at radius 2 is 1.96 bits per heavy atom. The molecule has 11 nitrogen and oxygen atoms in total. The van der Waals surface area contributed by atoms with E-state index in [1.807, 2.05) is 42.5 Å².